The normalized spacial score (nSPS) is 12.0. The minimum atomic E-state index is -0.598. The third kappa shape index (κ3) is 3.97. The molecule has 0 saturated heterocycles. The number of halogens is 1. The van der Waals surface area contributed by atoms with Crippen molar-refractivity contribution in [3.8, 4) is 5.75 Å². The van der Waals surface area contributed by atoms with Crippen LogP contribution in [-0.2, 0) is 0 Å². The Kier molecular flexibility index (Phi) is 5.49. The molecule has 0 saturated carbocycles. The van der Waals surface area contributed by atoms with Gasteiger partial charge in [-0.1, -0.05) is 25.5 Å². The number of nitrogens with one attached hydrogen (secondary N) is 1. The fraction of sp³-hybridized carbons (Fsp3) is 0.250. The number of benzene rings is 2. The molecular formula is C20H21FN4O2. The Morgan fingerprint density at radius 1 is 1.30 bits per heavy atom. The number of carbonyl (C=O) groups is 1. The molecule has 3 aromatic rings. The van der Waals surface area contributed by atoms with Crippen LogP contribution in [0, 0.1) is 5.82 Å². The highest BCUT2D eigenvalue weighted by Gasteiger charge is 2.17. The molecule has 0 radical (unpaired) electrons. The SMILES string of the molecule is CCC[C@@H](Nc1ncnc2c(C(N)=O)cc(OC)cc12)c1cccc(F)c1. The lowest BCUT2D eigenvalue weighted by Crippen LogP contribution is -2.15. The van der Waals surface area contributed by atoms with Crippen molar-refractivity contribution in [2.45, 2.75) is 25.8 Å². The lowest BCUT2D eigenvalue weighted by Gasteiger charge is -2.20. The molecule has 0 bridgehead atoms. The predicted octanol–water partition coefficient (Wildman–Crippen LogP) is 3.83. The number of hydrogen-bond donors (Lipinski definition) is 2. The van der Waals surface area contributed by atoms with Crippen molar-refractivity contribution in [3.63, 3.8) is 0 Å². The predicted molar refractivity (Wildman–Crippen MR) is 102 cm³/mol. The van der Waals surface area contributed by atoms with Gasteiger partial charge in [0.05, 0.1) is 24.2 Å². The molecule has 1 amide bonds. The molecule has 1 atom stereocenters. The number of primary amides is 1. The van der Waals surface area contributed by atoms with E-state index in [0.29, 0.717) is 22.5 Å². The Labute approximate surface area is 156 Å². The quantitative estimate of drug-likeness (QED) is 0.661. The van der Waals surface area contributed by atoms with Crippen LogP contribution < -0.4 is 15.8 Å². The van der Waals surface area contributed by atoms with Crippen molar-refractivity contribution < 1.29 is 13.9 Å². The molecule has 140 valence electrons. The van der Waals surface area contributed by atoms with E-state index in [1.165, 1.54) is 25.6 Å². The Morgan fingerprint density at radius 3 is 2.78 bits per heavy atom. The van der Waals surface area contributed by atoms with E-state index in [1.807, 2.05) is 6.07 Å². The Balaban J connectivity index is 2.09. The molecule has 0 unspecified atom stereocenters. The van der Waals surface area contributed by atoms with Gasteiger partial charge in [0.2, 0.25) is 0 Å². The van der Waals surface area contributed by atoms with Crippen molar-refractivity contribution in [1.29, 1.82) is 0 Å². The molecule has 3 rings (SSSR count). The Morgan fingerprint density at radius 2 is 2.11 bits per heavy atom. The minimum absolute atomic E-state index is 0.146. The summed E-state index contributed by atoms with van der Waals surface area (Å²) in [5.74, 6) is 0.121. The van der Waals surface area contributed by atoms with Gasteiger partial charge in [-0.05, 0) is 36.2 Å². The first kappa shape index (κ1) is 18.6. The average Bonchev–Trinajstić information content (AvgIpc) is 2.67. The molecule has 0 fully saturated rings. The van der Waals surface area contributed by atoms with E-state index in [1.54, 1.807) is 18.2 Å². The summed E-state index contributed by atoms with van der Waals surface area (Å²) in [6, 6.07) is 9.63. The summed E-state index contributed by atoms with van der Waals surface area (Å²) in [6.45, 7) is 2.06. The van der Waals surface area contributed by atoms with Crippen LogP contribution in [0.1, 0.15) is 41.7 Å². The standard InChI is InChI=1S/C20H21FN4O2/c1-3-5-17(12-6-4-7-13(21)8-12)25-20-16-10-14(27-2)9-15(19(22)26)18(16)23-11-24-20/h4,6-11,17H,3,5H2,1-2H3,(H2,22,26)(H,23,24,25)/t17-/m1/s1. The van der Waals surface area contributed by atoms with Gasteiger partial charge in [0, 0.05) is 5.39 Å². The molecule has 3 N–H and O–H groups in total. The summed E-state index contributed by atoms with van der Waals surface area (Å²) in [4.78, 5) is 20.4. The number of nitrogens with zero attached hydrogens (tertiary/aromatic N) is 2. The van der Waals surface area contributed by atoms with Crippen molar-refractivity contribution >= 4 is 22.6 Å². The molecule has 1 aromatic heterocycles. The number of carbonyl (C=O) groups excluding carboxylic acids is 1. The van der Waals surface area contributed by atoms with Crippen LogP contribution in [0.4, 0.5) is 10.2 Å². The number of methoxy groups -OCH3 is 1. The third-order valence-corrected chi connectivity index (χ3v) is 4.35. The van der Waals surface area contributed by atoms with E-state index in [-0.39, 0.29) is 17.4 Å². The summed E-state index contributed by atoms with van der Waals surface area (Å²) in [5.41, 5.74) is 7.01. The molecule has 27 heavy (non-hydrogen) atoms. The average molecular weight is 368 g/mol. The number of rotatable bonds is 7. The highest BCUT2D eigenvalue weighted by Crippen LogP contribution is 2.31. The number of fused-ring (bicyclic) bond motifs is 1. The largest absolute Gasteiger partial charge is 0.497 e. The summed E-state index contributed by atoms with van der Waals surface area (Å²) >= 11 is 0. The van der Waals surface area contributed by atoms with Gasteiger partial charge in [-0.3, -0.25) is 4.79 Å². The first-order chi connectivity index (χ1) is 13.0. The third-order valence-electron chi connectivity index (χ3n) is 4.35. The first-order valence-electron chi connectivity index (χ1n) is 8.68. The van der Waals surface area contributed by atoms with Gasteiger partial charge in [0.25, 0.3) is 5.91 Å². The molecular weight excluding hydrogens is 347 g/mol. The zero-order chi connectivity index (χ0) is 19.4. The zero-order valence-corrected chi connectivity index (χ0v) is 15.2. The van der Waals surface area contributed by atoms with Gasteiger partial charge < -0.3 is 15.8 Å². The van der Waals surface area contributed by atoms with Crippen molar-refractivity contribution in [2.24, 2.45) is 5.73 Å². The summed E-state index contributed by atoms with van der Waals surface area (Å²) < 4.78 is 19.0. The lowest BCUT2D eigenvalue weighted by atomic mass is 10.0. The number of ether oxygens (including phenoxy) is 1. The second-order valence-electron chi connectivity index (χ2n) is 6.20. The molecule has 0 spiro atoms. The molecule has 0 aliphatic heterocycles. The number of nitrogens with two attached hydrogens (primary N) is 1. The topological polar surface area (TPSA) is 90.1 Å². The summed E-state index contributed by atoms with van der Waals surface area (Å²) in [6.07, 6.45) is 3.05. The molecule has 1 heterocycles. The van der Waals surface area contributed by atoms with E-state index in [4.69, 9.17) is 10.5 Å². The maximum Gasteiger partial charge on any atom is 0.251 e. The molecule has 2 aromatic carbocycles. The van der Waals surface area contributed by atoms with Crippen molar-refractivity contribution in [3.05, 3.63) is 59.7 Å². The Hall–Kier alpha value is -3.22. The second kappa shape index (κ2) is 7.99. The molecule has 7 heteroatoms. The van der Waals surface area contributed by atoms with Gasteiger partial charge in [-0.25, -0.2) is 14.4 Å². The van der Waals surface area contributed by atoms with Crippen LogP contribution >= 0.6 is 0 Å². The highest BCUT2D eigenvalue weighted by molar-refractivity contribution is 6.07. The number of hydrogen-bond acceptors (Lipinski definition) is 5. The monoisotopic (exact) mass is 368 g/mol. The summed E-state index contributed by atoms with van der Waals surface area (Å²) in [5, 5.41) is 3.97. The lowest BCUT2D eigenvalue weighted by molar-refractivity contribution is 0.100. The van der Waals surface area contributed by atoms with E-state index in [0.717, 1.165) is 18.4 Å². The number of aromatic nitrogens is 2. The van der Waals surface area contributed by atoms with Crippen molar-refractivity contribution in [1.82, 2.24) is 9.97 Å². The van der Waals surface area contributed by atoms with Crippen LogP contribution in [0.2, 0.25) is 0 Å². The number of amides is 1. The maximum absolute atomic E-state index is 13.7. The van der Waals surface area contributed by atoms with E-state index < -0.39 is 5.91 Å². The van der Waals surface area contributed by atoms with Crippen LogP contribution in [0.5, 0.6) is 5.75 Å². The summed E-state index contributed by atoms with van der Waals surface area (Å²) in [7, 11) is 1.51. The van der Waals surface area contributed by atoms with Crippen LogP contribution in [0.15, 0.2) is 42.7 Å². The van der Waals surface area contributed by atoms with Gasteiger partial charge in [-0.2, -0.15) is 0 Å². The number of anilines is 1. The van der Waals surface area contributed by atoms with Crippen LogP contribution in [-0.4, -0.2) is 23.0 Å². The second-order valence-corrected chi connectivity index (χ2v) is 6.20. The smallest absolute Gasteiger partial charge is 0.251 e. The van der Waals surface area contributed by atoms with Gasteiger partial charge in [0.15, 0.2) is 0 Å². The van der Waals surface area contributed by atoms with Crippen molar-refractivity contribution in [2.75, 3.05) is 12.4 Å². The van der Waals surface area contributed by atoms with E-state index >= 15 is 0 Å². The highest BCUT2D eigenvalue weighted by atomic mass is 19.1. The van der Waals surface area contributed by atoms with E-state index in [9.17, 15) is 9.18 Å². The molecule has 0 aliphatic carbocycles. The minimum Gasteiger partial charge on any atom is -0.497 e. The fourth-order valence-corrected chi connectivity index (χ4v) is 3.06. The fourth-order valence-electron chi connectivity index (χ4n) is 3.06. The van der Waals surface area contributed by atoms with Gasteiger partial charge >= 0.3 is 0 Å². The van der Waals surface area contributed by atoms with Crippen LogP contribution in [0.25, 0.3) is 10.9 Å². The molecule has 0 aliphatic rings. The first-order valence-corrected chi connectivity index (χ1v) is 8.68. The molecule has 6 nitrogen and oxygen atoms in total. The maximum atomic E-state index is 13.7. The Bertz CT molecular complexity index is 977. The zero-order valence-electron chi connectivity index (χ0n) is 15.2. The van der Waals surface area contributed by atoms with Gasteiger partial charge in [0.1, 0.15) is 23.7 Å². The van der Waals surface area contributed by atoms with Gasteiger partial charge in [-0.15, -0.1) is 0 Å². The van der Waals surface area contributed by atoms with E-state index in [2.05, 4.69) is 22.2 Å². The van der Waals surface area contributed by atoms with Crippen LogP contribution in [0.3, 0.4) is 0 Å².